The fourth-order valence-electron chi connectivity index (χ4n) is 3.14. The van der Waals surface area contributed by atoms with E-state index in [2.05, 4.69) is 19.9 Å². The Morgan fingerprint density at radius 3 is 2.29 bits per heavy atom. The molecule has 0 saturated heterocycles. The van der Waals surface area contributed by atoms with E-state index in [4.69, 9.17) is 4.74 Å². The molecule has 0 radical (unpaired) electrons. The van der Waals surface area contributed by atoms with Gasteiger partial charge in [0.05, 0.1) is 7.11 Å². The Labute approximate surface area is 183 Å². The molecule has 0 atom stereocenters. The fourth-order valence-corrected chi connectivity index (χ4v) is 3.14. The maximum atomic E-state index is 12.8. The highest BCUT2D eigenvalue weighted by molar-refractivity contribution is 6.11. The normalized spacial score (nSPS) is 11.5. The number of carbonyl (C=O) groups excluding carboxylic acids is 1. The van der Waals surface area contributed by atoms with Crippen LogP contribution in [0.3, 0.4) is 0 Å². The van der Waals surface area contributed by atoms with E-state index in [1.165, 1.54) is 37.0 Å². The minimum absolute atomic E-state index is 0.000854. The number of benzene rings is 2. The lowest BCUT2D eigenvalue weighted by Gasteiger charge is -2.15. The highest BCUT2D eigenvalue weighted by Crippen LogP contribution is 2.39. The first kappa shape index (κ1) is 23.8. The molecule has 0 aliphatic rings. The van der Waals surface area contributed by atoms with E-state index in [9.17, 15) is 20.1 Å². The van der Waals surface area contributed by atoms with Crippen LogP contribution in [-0.4, -0.2) is 28.2 Å². The fraction of sp³-hybridized carbons (Fsp3) is 0.269. The molecule has 2 rings (SSSR count). The quantitative estimate of drug-likeness (QED) is 0.264. The average Bonchev–Trinajstić information content (AvgIpc) is 2.71. The molecule has 3 N–H and O–H groups in total. The van der Waals surface area contributed by atoms with Gasteiger partial charge in [0.2, 0.25) is 0 Å². The van der Waals surface area contributed by atoms with Crippen LogP contribution in [0.25, 0.3) is 6.08 Å². The van der Waals surface area contributed by atoms with Crippen molar-refractivity contribution in [2.75, 3.05) is 7.11 Å². The number of aromatic hydroxyl groups is 3. The predicted octanol–water partition coefficient (Wildman–Crippen LogP) is 5.94. The SMILES string of the molecule is COc1c(C/C=C(\C)CCC=C(C)C)c(O)cc(O)c1C(=O)/C=C/c1ccc(O)cc1. The van der Waals surface area contributed by atoms with Gasteiger partial charge in [0.25, 0.3) is 0 Å². The van der Waals surface area contributed by atoms with Crippen LogP contribution in [-0.2, 0) is 6.42 Å². The zero-order valence-corrected chi connectivity index (χ0v) is 18.5. The second-order valence-corrected chi connectivity index (χ2v) is 7.67. The lowest BCUT2D eigenvalue weighted by Crippen LogP contribution is -2.03. The van der Waals surface area contributed by atoms with Gasteiger partial charge < -0.3 is 20.1 Å². The van der Waals surface area contributed by atoms with E-state index in [1.54, 1.807) is 18.2 Å². The average molecular weight is 423 g/mol. The summed E-state index contributed by atoms with van der Waals surface area (Å²) in [5.74, 6) is -0.626. The van der Waals surface area contributed by atoms with Crippen molar-refractivity contribution in [3.63, 3.8) is 0 Å². The number of hydrogen-bond donors (Lipinski definition) is 3. The van der Waals surface area contributed by atoms with Crippen LogP contribution in [0.15, 0.2) is 59.7 Å². The predicted molar refractivity (Wildman–Crippen MR) is 124 cm³/mol. The van der Waals surface area contributed by atoms with Crippen molar-refractivity contribution in [2.45, 2.75) is 40.0 Å². The van der Waals surface area contributed by atoms with Crippen LogP contribution in [0.1, 0.15) is 55.1 Å². The van der Waals surface area contributed by atoms with Crippen molar-refractivity contribution in [1.29, 1.82) is 0 Å². The van der Waals surface area contributed by atoms with Crippen LogP contribution >= 0.6 is 0 Å². The molecule has 5 nitrogen and oxygen atoms in total. The molecule has 0 spiro atoms. The maximum Gasteiger partial charge on any atom is 0.193 e. The molecule has 0 aromatic heterocycles. The molecule has 0 saturated carbocycles. The molecular weight excluding hydrogens is 392 g/mol. The van der Waals surface area contributed by atoms with Crippen molar-refractivity contribution in [1.82, 2.24) is 0 Å². The number of phenolic OH excluding ortho intramolecular Hbond substituents is 3. The summed E-state index contributed by atoms with van der Waals surface area (Å²) in [5, 5.41) is 30.1. The van der Waals surface area contributed by atoms with Crippen LogP contribution in [0.2, 0.25) is 0 Å². The van der Waals surface area contributed by atoms with Crippen LogP contribution < -0.4 is 4.74 Å². The van der Waals surface area contributed by atoms with Gasteiger partial charge >= 0.3 is 0 Å². The van der Waals surface area contributed by atoms with Gasteiger partial charge in [-0.15, -0.1) is 0 Å². The Morgan fingerprint density at radius 1 is 1.00 bits per heavy atom. The third-order valence-electron chi connectivity index (χ3n) is 4.86. The Kier molecular flexibility index (Phi) is 8.50. The van der Waals surface area contributed by atoms with Gasteiger partial charge in [-0.25, -0.2) is 0 Å². The van der Waals surface area contributed by atoms with Gasteiger partial charge in [-0.1, -0.05) is 41.5 Å². The van der Waals surface area contributed by atoms with E-state index in [1.807, 2.05) is 13.0 Å². The number of carbonyl (C=O) groups is 1. The van der Waals surface area contributed by atoms with Gasteiger partial charge in [0, 0.05) is 11.6 Å². The number of methoxy groups -OCH3 is 1. The van der Waals surface area contributed by atoms with Crippen LogP contribution in [0, 0.1) is 0 Å². The highest BCUT2D eigenvalue weighted by Gasteiger charge is 2.22. The summed E-state index contributed by atoms with van der Waals surface area (Å²) in [6, 6.07) is 7.55. The third kappa shape index (κ3) is 6.78. The summed E-state index contributed by atoms with van der Waals surface area (Å²) in [4.78, 5) is 12.8. The minimum atomic E-state index is -0.451. The first-order valence-electron chi connectivity index (χ1n) is 10.1. The van der Waals surface area contributed by atoms with E-state index in [0.29, 0.717) is 12.0 Å². The zero-order valence-electron chi connectivity index (χ0n) is 18.5. The molecule has 0 unspecified atom stereocenters. The highest BCUT2D eigenvalue weighted by atomic mass is 16.5. The second kappa shape index (κ2) is 11.1. The number of hydrogen-bond acceptors (Lipinski definition) is 5. The maximum absolute atomic E-state index is 12.8. The number of ketones is 1. The number of rotatable bonds is 9. The molecule has 2 aromatic rings. The van der Waals surface area contributed by atoms with Gasteiger partial charge in [-0.05, 0) is 63.8 Å². The van der Waals surface area contributed by atoms with Gasteiger partial charge in [0.1, 0.15) is 28.6 Å². The van der Waals surface area contributed by atoms with Crippen molar-refractivity contribution in [3.8, 4) is 23.0 Å². The molecule has 0 aliphatic carbocycles. The minimum Gasteiger partial charge on any atom is -0.508 e. The molecule has 5 heteroatoms. The third-order valence-corrected chi connectivity index (χ3v) is 4.86. The van der Waals surface area contributed by atoms with Crippen molar-refractivity contribution in [3.05, 3.63) is 76.4 Å². The Morgan fingerprint density at radius 2 is 1.68 bits per heavy atom. The number of ether oxygens (including phenoxy) is 1. The number of phenols is 3. The van der Waals surface area contributed by atoms with Gasteiger partial charge in [-0.2, -0.15) is 0 Å². The summed E-state index contributed by atoms with van der Waals surface area (Å²) in [6.07, 6.45) is 9.29. The topological polar surface area (TPSA) is 87.0 Å². The van der Waals surface area contributed by atoms with Gasteiger partial charge in [0.15, 0.2) is 5.78 Å². The van der Waals surface area contributed by atoms with Crippen molar-refractivity contribution < 1.29 is 24.9 Å². The summed E-state index contributed by atoms with van der Waals surface area (Å²) in [7, 11) is 1.41. The first-order valence-corrected chi connectivity index (χ1v) is 10.1. The summed E-state index contributed by atoms with van der Waals surface area (Å²) in [5.41, 5.74) is 3.60. The lowest BCUT2D eigenvalue weighted by molar-refractivity contribution is 0.104. The summed E-state index contributed by atoms with van der Waals surface area (Å²) in [6.45, 7) is 6.15. The van der Waals surface area contributed by atoms with E-state index in [0.717, 1.165) is 24.0 Å². The second-order valence-electron chi connectivity index (χ2n) is 7.67. The molecule has 0 heterocycles. The Bertz CT molecular complexity index is 1010. The zero-order chi connectivity index (χ0) is 23.0. The molecule has 0 fully saturated rings. The molecule has 2 aromatic carbocycles. The van der Waals surface area contributed by atoms with E-state index < -0.39 is 5.78 Å². The molecule has 0 aliphatic heterocycles. The van der Waals surface area contributed by atoms with Crippen molar-refractivity contribution in [2.24, 2.45) is 0 Å². The summed E-state index contributed by atoms with van der Waals surface area (Å²) >= 11 is 0. The monoisotopic (exact) mass is 422 g/mol. The van der Waals surface area contributed by atoms with Crippen LogP contribution in [0.4, 0.5) is 0 Å². The van der Waals surface area contributed by atoms with Gasteiger partial charge in [-0.3, -0.25) is 4.79 Å². The Balaban J connectivity index is 2.31. The molecular formula is C26H30O5. The lowest BCUT2D eigenvalue weighted by atomic mass is 9.98. The standard InChI is InChI=1S/C26H30O5/c1-17(2)6-5-7-18(3)8-14-21-23(29)16-24(30)25(26(21)31-4)22(28)15-11-19-9-12-20(27)13-10-19/h6,8-13,15-16,27,29-30H,5,7,14H2,1-4H3/b15-11+,18-8+. The molecule has 0 bridgehead atoms. The Hall–Kier alpha value is -3.47. The molecule has 164 valence electrons. The van der Waals surface area contributed by atoms with Crippen LogP contribution in [0.5, 0.6) is 23.0 Å². The number of allylic oxidation sites excluding steroid dienone is 5. The molecule has 0 amide bonds. The summed E-state index contributed by atoms with van der Waals surface area (Å²) < 4.78 is 5.43. The first-order chi connectivity index (χ1) is 14.7. The van der Waals surface area contributed by atoms with Crippen molar-refractivity contribution >= 4 is 11.9 Å². The van der Waals surface area contributed by atoms with E-state index in [-0.39, 0.29) is 28.6 Å². The van der Waals surface area contributed by atoms with E-state index >= 15 is 0 Å². The largest absolute Gasteiger partial charge is 0.508 e. The smallest absolute Gasteiger partial charge is 0.193 e. The molecule has 31 heavy (non-hydrogen) atoms.